The average molecular weight is 442 g/mol. The van der Waals surface area contributed by atoms with Gasteiger partial charge in [0, 0.05) is 33.2 Å². The third kappa shape index (κ3) is 3.91. The van der Waals surface area contributed by atoms with Crippen LogP contribution in [0.4, 0.5) is 11.4 Å². The number of anilines is 2. The van der Waals surface area contributed by atoms with Crippen molar-refractivity contribution in [3.8, 4) is 0 Å². The summed E-state index contributed by atoms with van der Waals surface area (Å²) in [6, 6.07) is 17.7. The summed E-state index contributed by atoms with van der Waals surface area (Å²) >= 11 is 0. The van der Waals surface area contributed by atoms with Gasteiger partial charge in [-0.3, -0.25) is 9.63 Å². The first-order chi connectivity index (χ1) is 9.22. The Morgan fingerprint density at radius 1 is 1.20 bits per heavy atom. The molecule has 0 saturated heterocycles. The molecule has 0 aliphatic carbocycles. The van der Waals surface area contributed by atoms with Crippen LogP contribution in [0.2, 0.25) is 0 Å². The van der Waals surface area contributed by atoms with E-state index in [-0.39, 0.29) is 26.3 Å². The zero-order chi connectivity index (χ0) is 13.7. The SMILES string of the molecule is CON(C)C(=O)c1ccccc1Nc1cc[c-]cc1.[Re]. The Bertz CT molecular complexity index is 561. The first-order valence-corrected chi connectivity index (χ1v) is 5.86. The van der Waals surface area contributed by atoms with Gasteiger partial charge in [0.25, 0.3) is 5.91 Å². The van der Waals surface area contributed by atoms with Crippen molar-refractivity contribution in [3.05, 3.63) is 60.2 Å². The van der Waals surface area contributed by atoms with E-state index in [1.54, 1.807) is 13.1 Å². The minimum atomic E-state index is -0.201. The Morgan fingerprint density at radius 3 is 2.50 bits per heavy atom. The summed E-state index contributed by atoms with van der Waals surface area (Å²) in [6.07, 6.45) is 0. The molecule has 0 atom stereocenters. The van der Waals surface area contributed by atoms with Crippen molar-refractivity contribution in [1.29, 1.82) is 0 Å². The van der Waals surface area contributed by atoms with Crippen molar-refractivity contribution < 1.29 is 30.1 Å². The van der Waals surface area contributed by atoms with Gasteiger partial charge < -0.3 is 5.32 Å². The summed E-state index contributed by atoms with van der Waals surface area (Å²) in [5.74, 6) is -0.201. The molecule has 0 aliphatic rings. The quantitative estimate of drug-likeness (QED) is 0.586. The van der Waals surface area contributed by atoms with Crippen LogP contribution in [0, 0.1) is 6.07 Å². The predicted molar refractivity (Wildman–Crippen MR) is 74.1 cm³/mol. The maximum Gasteiger partial charge on any atom is 0.279 e. The van der Waals surface area contributed by atoms with Crippen LogP contribution in [0.3, 0.4) is 0 Å². The number of hydrogen-bond acceptors (Lipinski definition) is 3. The number of para-hydroxylation sites is 1. The van der Waals surface area contributed by atoms with Crippen LogP contribution in [0.25, 0.3) is 0 Å². The summed E-state index contributed by atoms with van der Waals surface area (Å²) in [5.41, 5.74) is 2.20. The molecule has 0 heterocycles. The second kappa shape index (κ2) is 7.81. The molecule has 105 valence electrons. The number of hydrogen-bond donors (Lipinski definition) is 1. The van der Waals surface area contributed by atoms with E-state index in [2.05, 4.69) is 11.4 Å². The normalized spacial score (nSPS) is 9.50. The zero-order valence-electron chi connectivity index (χ0n) is 11.3. The van der Waals surface area contributed by atoms with Gasteiger partial charge in [-0.25, -0.2) is 5.06 Å². The molecule has 0 aromatic heterocycles. The third-order valence-electron chi connectivity index (χ3n) is 2.71. The molecule has 0 fully saturated rings. The van der Waals surface area contributed by atoms with Gasteiger partial charge in [0.05, 0.1) is 12.7 Å². The molecule has 0 saturated carbocycles. The van der Waals surface area contributed by atoms with Gasteiger partial charge in [0.15, 0.2) is 0 Å². The standard InChI is InChI=1S/C15H15N2O2.Re/c1-17(19-2)15(18)13-10-6-7-11-14(13)16-12-8-4-3-5-9-12;/h4-11,16H,1-2H3;/q-1;. The fourth-order valence-electron chi connectivity index (χ4n) is 1.66. The van der Waals surface area contributed by atoms with Crippen LogP contribution in [-0.4, -0.2) is 25.1 Å². The zero-order valence-corrected chi connectivity index (χ0v) is 14.0. The molecule has 2 aromatic rings. The van der Waals surface area contributed by atoms with Gasteiger partial charge >= 0.3 is 0 Å². The molecule has 20 heavy (non-hydrogen) atoms. The molecule has 1 N–H and O–H groups in total. The fraction of sp³-hybridized carbons (Fsp3) is 0.133. The van der Waals surface area contributed by atoms with Gasteiger partial charge in [-0.05, 0) is 12.1 Å². The first kappa shape index (κ1) is 16.4. The van der Waals surface area contributed by atoms with Crippen LogP contribution < -0.4 is 5.32 Å². The molecule has 0 spiro atoms. The molecule has 5 heteroatoms. The van der Waals surface area contributed by atoms with Gasteiger partial charge in [-0.1, -0.05) is 17.8 Å². The molecule has 2 rings (SSSR count). The number of benzene rings is 2. The Kier molecular flexibility index (Phi) is 6.40. The second-order valence-corrected chi connectivity index (χ2v) is 3.94. The van der Waals surface area contributed by atoms with Crippen molar-refractivity contribution in [2.45, 2.75) is 0 Å². The van der Waals surface area contributed by atoms with E-state index in [0.717, 1.165) is 11.4 Å². The number of hydroxylamine groups is 2. The fourth-order valence-corrected chi connectivity index (χ4v) is 1.66. The molecule has 1 amide bonds. The number of carbonyl (C=O) groups excluding carboxylic acids is 1. The largest absolute Gasteiger partial charge is 0.378 e. The van der Waals surface area contributed by atoms with Crippen LogP contribution in [0.15, 0.2) is 48.5 Å². The summed E-state index contributed by atoms with van der Waals surface area (Å²) in [7, 11) is 3.04. The van der Waals surface area contributed by atoms with Gasteiger partial charge in [-0.2, -0.15) is 18.2 Å². The van der Waals surface area contributed by atoms with Crippen LogP contribution in [-0.2, 0) is 25.3 Å². The Hall–Kier alpha value is -1.67. The monoisotopic (exact) mass is 442 g/mol. The van der Waals surface area contributed by atoms with Crippen molar-refractivity contribution >= 4 is 17.3 Å². The number of nitrogens with one attached hydrogen (secondary N) is 1. The summed E-state index contributed by atoms with van der Waals surface area (Å²) in [6.45, 7) is 0. The smallest absolute Gasteiger partial charge is 0.279 e. The topological polar surface area (TPSA) is 41.6 Å². The number of amides is 1. The van der Waals surface area contributed by atoms with E-state index in [1.807, 2.05) is 42.5 Å². The molecule has 0 unspecified atom stereocenters. The van der Waals surface area contributed by atoms with Crippen LogP contribution in [0.1, 0.15) is 10.4 Å². The van der Waals surface area contributed by atoms with Crippen molar-refractivity contribution in [2.75, 3.05) is 19.5 Å². The Morgan fingerprint density at radius 2 is 1.85 bits per heavy atom. The predicted octanol–water partition coefficient (Wildman–Crippen LogP) is 2.86. The maximum absolute atomic E-state index is 12.1. The van der Waals surface area contributed by atoms with E-state index < -0.39 is 0 Å². The van der Waals surface area contributed by atoms with E-state index in [4.69, 9.17) is 4.84 Å². The Labute approximate surface area is 132 Å². The maximum atomic E-state index is 12.1. The molecular formula is C15H15N2O2Re-. The minimum absolute atomic E-state index is 0. The van der Waals surface area contributed by atoms with E-state index in [1.165, 1.54) is 12.2 Å². The molecular weight excluding hydrogens is 426 g/mol. The molecule has 1 radical (unpaired) electrons. The number of carbonyl (C=O) groups is 1. The third-order valence-corrected chi connectivity index (χ3v) is 2.71. The van der Waals surface area contributed by atoms with Gasteiger partial charge in [0.2, 0.25) is 0 Å². The molecule has 0 aliphatic heterocycles. The summed E-state index contributed by atoms with van der Waals surface area (Å²) in [5, 5.41) is 4.40. The van der Waals surface area contributed by atoms with Gasteiger partial charge in [-0.15, -0.1) is 12.1 Å². The first-order valence-electron chi connectivity index (χ1n) is 5.86. The number of rotatable bonds is 4. The second-order valence-electron chi connectivity index (χ2n) is 3.94. The summed E-state index contributed by atoms with van der Waals surface area (Å²) in [4.78, 5) is 17.1. The van der Waals surface area contributed by atoms with Crippen molar-refractivity contribution in [3.63, 3.8) is 0 Å². The molecule has 0 bridgehead atoms. The summed E-state index contributed by atoms with van der Waals surface area (Å²) < 4.78 is 0. The van der Waals surface area contributed by atoms with E-state index in [9.17, 15) is 4.79 Å². The molecule has 2 aromatic carbocycles. The average Bonchev–Trinajstić information content (AvgIpc) is 2.47. The van der Waals surface area contributed by atoms with E-state index in [0.29, 0.717) is 5.56 Å². The van der Waals surface area contributed by atoms with Crippen LogP contribution >= 0.6 is 0 Å². The van der Waals surface area contributed by atoms with Crippen LogP contribution in [0.5, 0.6) is 0 Å². The minimum Gasteiger partial charge on any atom is -0.378 e. The van der Waals surface area contributed by atoms with Crippen molar-refractivity contribution in [1.82, 2.24) is 5.06 Å². The van der Waals surface area contributed by atoms with E-state index >= 15 is 0 Å². The number of nitrogens with zero attached hydrogens (tertiary/aromatic N) is 1. The Balaban J connectivity index is 0.00000200. The van der Waals surface area contributed by atoms with Gasteiger partial charge in [0.1, 0.15) is 0 Å². The molecule has 4 nitrogen and oxygen atoms in total. The van der Waals surface area contributed by atoms with Crippen molar-refractivity contribution in [2.24, 2.45) is 0 Å².